The smallest absolute Gasteiger partial charge is 0.187 e. The molecule has 150 valence electrons. The zero-order valence-electron chi connectivity index (χ0n) is 18.4. The Morgan fingerprint density at radius 2 is 0.625 bits per heavy atom. The van der Waals surface area contributed by atoms with Gasteiger partial charge in [-0.1, -0.05) is 20.8 Å². The van der Waals surface area contributed by atoms with Crippen LogP contribution in [0.3, 0.4) is 0 Å². The van der Waals surface area contributed by atoms with Crippen LogP contribution in [0.15, 0.2) is 0 Å². The monoisotopic (exact) mass is 402 g/mol. The quantitative estimate of drug-likeness (QED) is 0.530. The van der Waals surface area contributed by atoms with Crippen LogP contribution in [0.1, 0.15) is 83.1 Å². The van der Waals surface area contributed by atoms with Crippen molar-refractivity contribution in [3.05, 3.63) is 0 Å². The van der Waals surface area contributed by atoms with Gasteiger partial charge in [0.2, 0.25) is 0 Å². The van der Waals surface area contributed by atoms with Gasteiger partial charge >= 0.3 is 0 Å². The molecule has 0 amide bonds. The van der Waals surface area contributed by atoms with E-state index in [-0.39, 0.29) is 21.7 Å². The Labute approximate surface area is 168 Å². The number of hydrogen-bond donors (Lipinski definition) is 4. The van der Waals surface area contributed by atoms with Crippen LogP contribution in [0.5, 0.6) is 0 Å². The van der Waals surface area contributed by atoms with E-state index in [2.05, 4.69) is 20.8 Å². The van der Waals surface area contributed by atoms with E-state index < -0.39 is 25.1 Å². The maximum absolute atomic E-state index is 9.58. The fourth-order valence-corrected chi connectivity index (χ4v) is 2.25. The van der Waals surface area contributed by atoms with Crippen LogP contribution < -0.4 is 0 Å². The SMILES string of the molecule is CC(C)(C)O.CC(C)(C)O.CC(C)(C)O.CC[Si](O)(CC)CC.[Ti]. The van der Waals surface area contributed by atoms with Gasteiger partial charge in [-0.25, -0.2) is 0 Å². The molecule has 0 atom stereocenters. The van der Waals surface area contributed by atoms with Crippen LogP contribution in [0, 0.1) is 0 Å². The molecule has 4 nitrogen and oxygen atoms in total. The third-order valence-corrected chi connectivity index (χ3v) is 5.92. The zero-order valence-corrected chi connectivity index (χ0v) is 21.0. The molecule has 0 heterocycles. The third kappa shape index (κ3) is 113. The van der Waals surface area contributed by atoms with E-state index >= 15 is 0 Å². The Hall–Kier alpha value is 0.771. The van der Waals surface area contributed by atoms with Crippen LogP contribution >= 0.6 is 0 Å². The van der Waals surface area contributed by atoms with E-state index in [0.29, 0.717) is 0 Å². The first-order valence-corrected chi connectivity index (χ1v) is 11.1. The molecular weight excluding hydrogens is 356 g/mol. The summed E-state index contributed by atoms with van der Waals surface area (Å²) in [6.07, 6.45) is 0. The van der Waals surface area contributed by atoms with Crippen molar-refractivity contribution in [3.63, 3.8) is 0 Å². The molecule has 4 N–H and O–H groups in total. The molecule has 0 aliphatic carbocycles. The Morgan fingerprint density at radius 1 is 0.542 bits per heavy atom. The maximum atomic E-state index is 9.58. The molecule has 0 aromatic rings. The minimum absolute atomic E-state index is 0. The average molecular weight is 403 g/mol. The molecule has 0 fully saturated rings. The van der Waals surface area contributed by atoms with E-state index in [1.807, 2.05) is 0 Å². The van der Waals surface area contributed by atoms with Gasteiger partial charge in [0.25, 0.3) is 0 Å². The summed E-state index contributed by atoms with van der Waals surface area (Å²) in [5, 5.41) is 25.6. The normalized spacial score (nSPS) is 11.5. The summed E-state index contributed by atoms with van der Waals surface area (Å²) >= 11 is 0. The summed E-state index contributed by atoms with van der Waals surface area (Å²) in [5.74, 6) is 0. The molecule has 0 aromatic carbocycles. The minimum atomic E-state index is -1.67. The van der Waals surface area contributed by atoms with Crippen molar-refractivity contribution in [1.29, 1.82) is 0 Å². The fourth-order valence-electron chi connectivity index (χ4n) is 0.750. The van der Waals surface area contributed by atoms with Gasteiger partial charge < -0.3 is 20.1 Å². The number of rotatable bonds is 3. The molecule has 6 heteroatoms. The van der Waals surface area contributed by atoms with Gasteiger partial charge in [-0.15, -0.1) is 0 Å². The summed E-state index contributed by atoms with van der Waals surface area (Å²) in [6, 6.07) is 3.04. The minimum Gasteiger partial charge on any atom is -0.432 e. The van der Waals surface area contributed by atoms with Gasteiger partial charge in [0.05, 0.1) is 16.8 Å². The fraction of sp³-hybridized carbons (Fsp3) is 1.00. The first-order chi connectivity index (χ1) is 9.68. The van der Waals surface area contributed by atoms with Crippen LogP contribution in [-0.4, -0.2) is 45.2 Å². The molecule has 0 aliphatic heterocycles. The molecule has 0 saturated carbocycles. The molecule has 0 rings (SSSR count). The summed E-state index contributed by atoms with van der Waals surface area (Å²) < 4.78 is 0. The summed E-state index contributed by atoms with van der Waals surface area (Å²) in [7, 11) is -1.67. The average Bonchev–Trinajstić information content (AvgIpc) is 2.21. The van der Waals surface area contributed by atoms with Crippen molar-refractivity contribution < 1.29 is 41.8 Å². The molecule has 0 aromatic heterocycles. The molecule has 0 saturated heterocycles. The van der Waals surface area contributed by atoms with Crippen LogP contribution in [0.25, 0.3) is 0 Å². The summed E-state index contributed by atoms with van der Waals surface area (Å²) in [4.78, 5) is 9.58. The van der Waals surface area contributed by atoms with Crippen molar-refractivity contribution in [1.82, 2.24) is 0 Å². The van der Waals surface area contributed by atoms with Crippen molar-refractivity contribution in [2.24, 2.45) is 0 Å². The third-order valence-electron chi connectivity index (χ3n) is 1.97. The van der Waals surface area contributed by atoms with Crippen LogP contribution in [0.2, 0.25) is 18.1 Å². The Balaban J connectivity index is -0.0000000677. The van der Waals surface area contributed by atoms with Crippen LogP contribution in [-0.2, 0) is 21.7 Å². The number of hydrogen-bond acceptors (Lipinski definition) is 4. The standard InChI is InChI=1S/C6H16OSi.3C4H10O.Ti/c1-4-8(7,5-2)6-3;3*1-4(2,3)5;/h7H,4-6H2,1-3H3;3*5H,1-3H3;. The molecular formula is C18H46O4SiTi. The van der Waals surface area contributed by atoms with Gasteiger partial charge in [0.1, 0.15) is 0 Å². The van der Waals surface area contributed by atoms with Gasteiger partial charge in [-0.2, -0.15) is 0 Å². The van der Waals surface area contributed by atoms with Crippen molar-refractivity contribution in [3.8, 4) is 0 Å². The Morgan fingerprint density at radius 3 is 0.625 bits per heavy atom. The van der Waals surface area contributed by atoms with Gasteiger partial charge in [0, 0.05) is 21.7 Å². The van der Waals surface area contributed by atoms with E-state index in [1.165, 1.54) is 0 Å². The second kappa shape index (κ2) is 16.0. The molecule has 0 bridgehead atoms. The van der Waals surface area contributed by atoms with Crippen molar-refractivity contribution >= 4 is 8.32 Å². The Bertz CT molecular complexity index is 194. The predicted molar refractivity (Wildman–Crippen MR) is 105 cm³/mol. The largest absolute Gasteiger partial charge is 0.432 e. The van der Waals surface area contributed by atoms with E-state index in [4.69, 9.17) is 15.3 Å². The molecule has 0 unspecified atom stereocenters. The first kappa shape index (κ1) is 35.8. The molecule has 24 heavy (non-hydrogen) atoms. The van der Waals surface area contributed by atoms with Gasteiger partial charge in [-0.3, -0.25) is 0 Å². The number of aliphatic hydroxyl groups is 3. The zero-order chi connectivity index (χ0) is 20.1. The van der Waals surface area contributed by atoms with Crippen molar-refractivity contribution in [2.45, 2.75) is 118 Å². The summed E-state index contributed by atoms with van der Waals surface area (Å²) in [6.45, 7) is 21.9. The molecule has 0 radical (unpaired) electrons. The molecule has 0 spiro atoms. The van der Waals surface area contributed by atoms with E-state index in [1.54, 1.807) is 62.3 Å². The van der Waals surface area contributed by atoms with Crippen LogP contribution in [0.4, 0.5) is 0 Å². The Kier molecular flexibility index (Phi) is 23.8. The van der Waals surface area contributed by atoms with Crippen molar-refractivity contribution in [2.75, 3.05) is 0 Å². The van der Waals surface area contributed by atoms with Gasteiger partial charge in [-0.05, 0) is 80.4 Å². The predicted octanol–water partition coefficient (Wildman–Crippen LogP) is 4.31. The van der Waals surface area contributed by atoms with E-state index in [9.17, 15) is 4.80 Å². The topological polar surface area (TPSA) is 80.9 Å². The summed E-state index contributed by atoms with van der Waals surface area (Å²) in [5.41, 5.74) is -1.50. The second-order valence-electron chi connectivity index (χ2n) is 8.80. The second-order valence-corrected chi connectivity index (χ2v) is 13.4. The molecule has 0 aliphatic rings. The first-order valence-electron chi connectivity index (χ1n) is 8.58. The van der Waals surface area contributed by atoms with Gasteiger partial charge in [0.15, 0.2) is 8.32 Å². The maximum Gasteiger partial charge on any atom is 0.187 e. The van der Waals surface area contributed by atoms with E-state index in [0.717, 1.165) is 18.1 Å².